The maximum absolute atomic E-state index is 13.4. The van der Waals surface area contributed by atoms with Gasteiger partial charge in [0.1, 0.15) is 0 Å². The zero-order valence-electron chi connectivity index (χ0n) is 29.3. The first-order valence-corrected chi connectivity index (χ1v) is 16.8. The Hall–Kier alpha value is -3.36. The van der Waals surface area contributed by atoms with Gasteiger partial charge in [0.25, 0.3) is 5.91 Å². The molecular weight excluding hydrogens is 589 g/mol. The molecule has 3 N–H and O–H groups in total. The van der Waals surface area contributed by atoms with Crippen LogP contribution >= 0.6 is 0 Å². The van der Waals surface area contributed by atoms with Gasteiger partial charge in [0.05, 0.1) is 18.0 Å². The third kappa shape index (κ3) is 10.6. The fourth-order valence-electron chi connectivity index (χ4n) is 6.07. The van der Waals surface area contributed by atoms with Gasteiger partial charge < -0.3 is 11.1 Å². The molecule has 1 aliphatic heterocycles. The third-order valence-corrected chi connectivity index (χ3v) is 8.41. The molecule has 3 unspecified atom stereocenters. The standard InChI is InChI=1S/C33H43F3N4O2.2C2H6/c1-20-10-11-21(8-6-7-9-24-18-29(41)40(5)31(37)38-24)16-26(20)28(19-32(2,3)4)39-30(42)23-12-14-25-22(17-23)13-15-27(25)33(34,35)36;2*1-2/h10-12,14,16-17,24,27-28H,6-9,13,15,18-19H2,1-5H3,(H2,37,38)(H,39,42);2*1-2H3. The molecule has 2 amide bonds. The molecule has 46 heavy (non-hydrogen) atoms. The van der Waals surface area contributed by atoms with E-state index in [1.54, 1.807) is 13.1 Å². The Morgan fingerprint density at radius 2 is 1.74 bits per heavy atom. The van der Waals surface area contributed by atoms with Gasteiger partial charge in [-0.2, -0.15) is 13.2 Å². The van der Waals surface area contributed by atoms with E-state index < -0.39 is 12.1 Å². The van der Waals surface area contributed by atoms with Crippen LogP contribution < -0.4 is 11.1 Å². The minimum Gasteiger partial charge on any atom is -0.369 e. The largest absolute Gasteiger partial charge is 0.395 e. The predicted octanol–water partition coefficient (Wildman–Crippen LogP) is 8.81. The molecule has 9 heteroatoms. The Kier molecular flexibility index (Phi) is 14.3. The van der Waals surface area contributed by atoms with Crippen molar-refractivity contribution in [2.24, 2.45) is 16.1 Å². The third-order valence-electron chi connectivity index (χ3n) is 8.41. The Balaban J connectivity index is 0.00000177. The van der Waals surface area contributed by atoms with Crippen molar-refractivity contribution in [1.82, 2.24) is 10.2 Å². The Bertz CT molecular complexity index is 1350. The lowest BCUT2D eigenvalue weighted by Gasteiger charge is -2.29. The number of hydrogen-bond acceptors (Lipinski definition) is 4. The maximum atomic E-state index is 13.4. The number of aryl methyl sites for hydroxylation is 3. The summed E-state index contributed by atoms with van der Waals surface area (Å²) in [6.07, 6.45) is 0.659. The van der Waals surface area contributed by atoms with Gasteiger partial charge >= 0.3 is 6.18 Å². The van der Waals surface area contributed by atoms with Crippen LogP contribution in [0.5, 0.6) is 0 Å². The Morgan fingerprint density at radius 3 is 2.35 bits per heavy atom. The van der Waals surface area contributed by atoms with Crippen molar-refractivity contribution in [3.63, 3.8) is 0 Å². The average Bonchev–Trinajstić information content (AvgIpc) is 3.44. The van der Waals surface area contributed by atoms with Crippen molar-refractivity contribution in [2.75, 3.05) is 7.05 Å². The number of benzene rings is 2. The number of nitrogens with one attached hydrogen (secondary N) is 1. The van der Waals surface area contributed by atoms with E-state index in [2.05, 4.69) is 49.3 Å². The molecule has 0 radical (unpaired) electrons. The topological polar surface area (TPSA) is 87.8 Å². The van der Waals surface area contributed by atoms with E-state index in [4.69, 9.17) is 5.73 Å². The summed E-state index contributed by atoms with van der Waals surface area (Å²) in [4.78, 5) is 31.3. The summed E-state index contributed by atoms with van der Waals surface area (Å²) >= 11 is 0. The first-order valence-electron chi connectivity index (χ1n) is 16.8. The average molecular weight is 645 g/mol. The second kappa shape index (κ2) is 17.0. The van der Waals surface area contributed by atoms with E-state index in [0.717, 1.165) is 36.8 Å². The molecule has 4 rings (SSSR count). The number of amides is 2. The number of nitrogens with zero attached hydrogens (tertiary/aromatic N) is 2. The van der Waals surface area contributed by atoms with Crippen molar-refractivity contribution in [2.45, 2.75) is 131 Å². The number of carbonyl (C=O) groups excluding carboxylic acids is 2. The predicted molar refractivity (Wildman–Crippen MR) is 182 cm³/mol. The zero-order valence-corrected chi connectivity index (χ0v) is 29.3. The number of halogens is 3. The molecule has 0 aromatic heterocycles. The number of alkyl halides is 3. The number of rotatable bonds is 9. The Labute approximate surface area is 274 Å². The summed E-state index contributed by atoms with van der Waals surface area (Å²) in [6, 6.07) is 10.7. The second-order valence-electron chi connectivity index (χ2n) is 13.1. The molecule has 0 bridgehead atoms. The summed E-state index contributed by atoms with van der Waals surface area (Å²) in [6.45, 7) is 16.4. The van der Waals surface area contributed by atoms with Gasteiger partial charge in [-0.3, -0.25) is 14.5 Å². The summed E-state index contributed by atoms with van der Waals surface area (Å²) in [5.74, 6) is -1.47. The van der Waals surface area contributed by atoms with E-state index in [9.17, 15) is 22.8 Å². The summed E-state index contributed by atoms with van der Waals surface area (Å²) < 4.78 is 40.2. The van der Waals surface area contributed by atoms with E-state index in [0.29, 0.717) is 30.4 Å². The van der Waals surface area contributed by atoms with Crippen molar-refractivity contribution in [3.05, 3.63) is 69.8 Å². The van der Waals surface area contributed by atoms with Crippen LogP contribution in [0.4, 0.5) is 13.2 Å². The van der Waals surface area contributed by atoms with Crippen molar-refractivity contribution in [1.29, 1.82) is 0 Å². The quantitative estimate of drug-likeness (QED) is 0.268. The van der Waals surface area contributed by atoms with Gasteiger partial charge in [-0.15, -0.1) is 0 Å². The molecule has 2 aromatic carbocycles. The van der Waals surface area contributed by atoms with Gasteiger partial charge in [-0.05, 0) is 90.8 Å². The first-order chi connectivity index (χ1) is 21.6. The van der Waals surface area contributed by atoms with Crippen LogP contribution in [0.1, 0.15) is 137 Å². The summed E-state index contributed by atoms with van der Waals surface area (Å²) in [5.41, 5.74) is 10.3. The fraction of sp³-hybridized carbons (Fsp3) is 0.595. The lowest BCUT2D eigenvalue weighted by Crippen LogP contribution is -2.44. The molecular formula is C37H55F3N4O2. The number of carbonyl (C=O) groups is 2. The first kappa shape index (κ1) is 38.8. The zero-order chi connectivity index (χ0) is 34.8. The van der Waals surface area contributed by atoms with E-state index in [1.165, 1.54) is 22.6 Å². The van der Waals surface area contributed by atoms with E-state index >= 15 is 0 Å². The normalized spacial score (nSPS) is 18.4. The van der Waals surface area contributed by atoms with Crippen LogP contribution in [0.2, 0.25) is 0 Å². The minimum absolute atomic E-state index is 0.00648. The van der Waals surface area contributed by atoms with E-state index in [-0.39, 0.29) is 47.3 Å². The molecule has 2 aliphatic rings. The van der Waals surface area contributed by atoms with Crippen molar-refractivity contribution < 1.29 is 22.8 Å². The minimum atomic E-state index is -4.27. The number of fused-ring (bicyclic) bond motifs is 1. The van der Waals surface area contributed by atoms with Gasteiger partial charge in [0, 0.05) is 19.0 Å². The molecule has 1 aliphatic carbocycles. The molecule has 2 aromatic rings. The molecule has 0 fully saturated rings. The van der Waals surface area contributed by atoms with Crippen LogP contribution in [0, 0.1) is 12.3 Å². The summed E-state index contributed by atoms with van der Waals surface area (Å²) in [5, 5.41) is 3.21. The molecule has 0 saturated heterocycles. The number of unbranched alkanes of at least 4 members (excludes halogenated alkanes) is 1. The lowest BCUT2D eigenvalue weighted by atomic mass is 9.83. The second-order valence-corrected chi connectivity index (χ2v) is 13.1. The van der Waals surface area contributed by atoms with Crippen LogP contribution in [0.25, 0.3) is 0 Å². The van der Waals surface area contributed by atoms with Crippen LogP contribution in [-0.4, -0.2) is 41.9 Å². The maximum Gasteiger partial charge on any atom is 0.395 e. The number of guanidine groups is 1. The SMILES string of the molecule is CC.CC.Cc1ccc(CCCCC2CC(=O)N(C)C(N)=N2)cc1C(CC(C)(C)C)NC(=O)c1ccc2c(c1)CCC2C(F)(F)F. The number of aliphatic imine (C=N–C) groups is 1. The monoisotopic (exact) mass is 644 g/mol. The Morgan fingerprint density at radius 1 is 1.07 bits per heavy atom. The molecule has 6 nitrogen and oxygen atoms in total. The lowest BCUT2D eigenvalue weighted by molar-refractivity contribution is -0.149. The van der Waals surface area contributed by atoms with Crippen LogP contribution in [-0.2, 0) is 17.6 Å². The smallest absolute Gasteiger partial charge is 0.369 e. The highest BCUT2D eigenvalue weighted by Gasteiger charge is 2.44. The summed E-state index contributed by atoms with van der Waals surface area (Å²) in [7, 11) is 1.64. The van der Waals surface area contributed by atoms with Gasteiger partial charge in [0.15, 0.2) is 5.96 Å². The number of hydrogen-bond donors (Lipinski definition) is 2. The van der Waals surface area contributed by atoms with Crippen LogP contribution in [0.3, 0.4) is 0 Å². The van der Waals surface area contributed by atoms with Crippen LogP contribution in [0.15, 0.2) is 41.4 Å². The molecule has 0 saturated carbocycles. The highest BCUT2D eigenvalue weighted by molar-refractivity contribution is 5.98. The highest BCUT2D eigenvalue weighted by Crippen LogP contribution is 2.44. The van der Waals surface area contributed by atoms with Crippen molar-refractivity contribution >= 4 is 17.8 Å². The van der Waals surface area contributed by atoms with Gasteiger partial charge in [-0.1, -0.05) is 79.2 Å². The molecule has 3 atom stereocenters. The van der Waals surface area contributed by atoms with Gasteiger partial charge in [-0.25, -0.2) is 4.99 Å². The van der Waals surface area contributed by atoms with Gasteiger partial charge in [0.2, 0.25) is 5.91 Å². The molecule has 1 heterocycles. The fourth-order valence-corrected chi connectivity index (χ4v) is 6.07. The number of nitrogens with two attached hydrogens (primary N) is 1. The molecule has 256 valence electrons. The molecule has 0 spiro atoms. The highest BCUT2D eigenvalue weighted by atomic mass is 19.4. The van der Waals surface area contributed by atoms with Crippen molar-refractivity contribution in [3.8, 4) is 0 Å². The van der Waals surface area contributed by atoms with E-state index in [1.807, 2.05) is 34.6 Å².